The number of nitrogens with one attached hydrogen (secondary N) is 1. The summed E-state index contributed by atoms with van der Waals surface area (Å²) in [5, 5.41) is 13.7. The summed E-state index contributed by atoms with van der Waals surface area (Å²) in [5.74, 6) is 2.81. The number of hydrogen-bond donors (Lipinski definition) is 2. The molecule has 3 fully saturated rings. The fourth-order valence-electron chi connectivity index (χ4n) is 3.92. The summed E-state index contributed by atoms with van der Waals surface area (Å²) in [4.78, 5) is 25.5. The van der Waals surface area contributed by atoms with Crippen molar-refractivity contribution in [3.63, 3.8) is 0 Å². The quantitative estimate of drug-likeness (QED) is 0.667. The third-order valence-corrected chi connectivity index (χ3v) is 6.71. The highest BCUT2D eigenvalue weighted by Gasteiger charge is 2.26. The summed E-state index contributed by atoms with van der Waals surface area (Å²) in [6, 6.07) is 0. The van der Waals surface area contributed by atoms with Crippen LogP contribution in [0, 0.1) is 0 Å². The second-order valence-electron chi connectivity index (χ2n) is 7.47. The SMILES string of the molecule is OC1CN(c2nc3nc(N4CCNCC4)nc(N4CCOCC4)c3nc2Cl)CCS1. The minimum Gasteiger partial charge on any atom is -0.381 e. The normalized spacial score (nSPS) is 23.3. The van der Waals surface area contributed by atoms with Crippen molar-refractivity contribution in [3.8, 4) is 0 Å². The summed E-state index contributed by atoms with van der Waals surface area (Å²) in [7, 11) is 0. The zero-order valence-corrected chi connectivity index (χ0v) is 18.2. The molecule has 3 aliphatic heterocycles. The van der Waals surface area contributed by atoms with Crippen molar-refractivity contribution in [2.24, 2.45) is 0 Å². The number of fused-ring (bicyclic) bond motifs is 1. The number of morpholine rings is 1. The number of thioether (sulfide) groups is 1. The minimum absolute atomic E-state index is 0.314. The number of β-amino-alcohol motifs (C(OH)–C–C–N with tert-alkyl or cyclic N) is 1. The first-order valence-electron chi connectivity index (χ1n) is 10.3. The molecule has 5 heterocycles. The lowest BCUT2D eigenvalue weighted by atomic mass is 10.3. The first kappa shape index (κ1) is 20.3. The molecule has 30 heavy (non-hydrogen) atoms. The van der Waals surface area contributed by atoms with Crippen LogP contribution in [-0.2, 0) is 4.74 Å². The third-order valence-electron chi connectivity index (χ3n) is 5.50. The van der Waals surface area contributed by atoms with Crippen LogP contribution in [0.5, 0.6) is 0 Å². The summed E-state index contributed by atoms with van der Waals surface area (Å²) in [6.07, 6.45) is 0. The lowest BCUT2D eigenvalue weighted by Crippen LogP contribution is -2.44. The van der Waals surface area contributed by atoms with E-state index in [0.29, 0.717) is 47.8 Å². The Morgan fingerprint density at radius 3 is 2.50 bits per heavy atom. The lowest BCUT2D eigenvalue weighted by Gasteiger charge is -2.32. The van der Waals surface area contributed by atoms with Crippen molar-refractivity contribution >= 4 is 52.1 Å². The van der Waals surface area contributed by atoms with Gasteiger partial charge in [0, 0.05) is 51.6 Å². The van der Waals surface area contributed by atoms with Crippen LogP contribution in [0.2, 0.25) is 5.15 Å². The first-order chi connectivity index (χ1) is 14.7. The monoisotopic (exact) mass is 452 g/mol. The second-order valence-corrected chi connectivity index (χ2v) is 9.11. The third kappa shape index (κ3) is 4.09. The Balaban J connectivity index is 1.60. The molecule has 0 spiro atoms. The molecule has 2 aromatic rings. The maximum Gasteiger partial charge on any atom is 0.229 e. The fraction of sp³-hybridized carbons (Fsp3) is 0.667. The van der Waals surface area contributed by atoms with Crippen LogP contribution in [0.3, 0.4) is 0 Å². The van der Waals surface area contributed by atoms with E-state index >= 15 is 0 Å². The van der Waals surface area contributed by atoms with Gasteiger partial charge in [0.15, 0.2) is 28.0 Å². The van der Waals surface area contributed by atoms with Crippen molar-refractivity contribution in [1.82, 2.24) is 25.3 Å². The number of halogens is 1. The fourth-order valence-corrected chi connectivity index (χ4v) is 5.05. The summed E-state index contributed by atoms with van der Waals surface area (Å²) < 4.78 is 5.51. The summed E-state index contributed by atoms with van der Waals surface area (Å²) in [5.41, 5.74) is 0.682. The van der Waals surface area contributed by atoms with Crippen LogP contribution in [0.15, 0.2) is 0 Å². The van der Waals surface area contributed by atoms with E-state index in [2.05, 4.69) is 20.1 Å². The largest absolute Gasteiger partial charge is 0.381 e. The van der Waals surface area contributed by atoms with E-state index in [4.69, 9.17) is 31.3 Å². The molecular formula is C18H25ClN8O2S. The molecule has 5 rings (SSSR count). The van der Waals surface area contributed by atoms with E-state index < -0.39 is 5.44 Å². The zero-order valence-electron chi connectivity index (χ0n) is 16.6. The Kier molecular flexibility index (Phi) is 5.96. The molecule has 1 unspecified atom stereocenters. The van der Waals surface area contributed by atoms with Gasteiger partial charge in [0.1, 0.15) is 5.44 Å². The van der Waals surface area contributed by atoms with Crippen molar-refractivity contribution < 1.29 is 9.84 Å². The average molecular weight is 453 g/mol. The molecule has 0 saturated carbocycles. The molecule has 2 aromatic heterocycles. The van der Waals surface area contributed by atoms with Crippen LogP contribution in [0.4, 0.5) is 17.6 Å². The van der Waals surface area contributed by atoms with E-state index in [1.54, 1.807) is 0 Å². The highest BCUT2D eigenvalue weighted by atomic mass is 35.5. The second kappa shape index (κ2) is 8.83. The summed E-state index contributed by atoms with van der Waals surface area (Å²) in [6.45, 7) is 7.49. The van der Waals surface area contributed by atoms with E-state index in [0.717, 1.165) is 57.4 Å². The van der Waals surface area contributed by atoms with Crippen molar-refractivity contribution in [3.05, 3.63) is 5.15 Å². The predicted octanol–water partition coefficient (Wildman–Crippen LogP) is 0.191. The van der Waals surface area contributed by atoms with E-state index in [1.807, 2.05) is 4.90 Å². The Hall–Kier alpha value is -1.66. The molecule has 1 atom stereocenters. The van der Waals surface area contributed by atoms with Crippen LogP contribution >= 0.6 is 23.4 Å². The van der Waals surface area contributed by atoms with E-state index in [1.165, 1.54) is 11.8 Å². The topological polar surface area (TPSA) is 103 Å². The highest BCUT2D eigenvalue weighted by molar-refractivity contribution is 7.99. The number of anilines is 3. The van der Waals surface area contributed by atoms with Crippen molar-refractivity contribution in [2.45, 2.75) is 5.44 Å². The number of aromatic nitrogens is 4. The molecule has 162 valence electrons. The molecule has 12 heteroatoms. The predicted molar refractivity (Wildman–Crippen MR) is 119 cm³/mol. The molecule has 0 aromatic carbocycles. The van der Waals surface area contributed by atoms with Crippen LogP contribution in [0.1, 0.15) is 0 Å². The molecule has 0 aliphatic carbocycles. The minimum atomic E-state index is -0.460. The van der Waals surface area contributed by atoms with Gasteiger partial charge in [-0.3, -0.25) is 0 Å². The van der Waals surface area contributed by atoms with E-state index in [9.17, 15) is 5.11 Å². The van der Waals surface area contributed by atoms with Gasteiger partial charge in [-0.15, -0.1) is 11.8 Å². The number of nitrogens with zero attached hydrogens (tertiary/aromatic N) is 7. The lowest BCUT2D eigenvalue weighted by molar-refractivity contribution is 0.122. The van der Waals surface area contributed by atoms with Gasteiger partial charge in [0.05, 0.1) is 19.8 Å². The van der Waals surface area contributed by atoms with Crippen LogP contribution in [-0.4, -0.2) is 102 Å². The Labute approximate surface area is 184 Å². The van der Waals surface area contributed by atoms with Gasteiger partial charge < -0.3 is 29.9 Å². The van der Waals surface area contributed by atoms with Crippen molar-refractivity contribution in [2.75, 3.05) is 86.0 Å². The number of ether oxygens (including phenoxy) is 1. The Morgan fingerprint density at radius 2 is 1.73 bits per heavy atom. The van der Waals surface area contributed by atoms with Gasteiger partial charge in [-0.1, -0.05) is 11.6 Å². The number of hydrogen-bond acceptors (Lipinski definition) is 11. The van der Waals surface area contributed by atoms with Gasteiger partial charge in [0.25, 0.3) is 0 Å². The Morgan fingerprint density at radius 1 is 0.933 bits per heavy atom. The molecule has 10 nitrogen and oxygen atoms in total. The smallest absolute Gasteiger partial charge is 0.229 e. The molecule has 0 radical (unpaired) electrons. The number of aliphatic hydroxyl groups excluding tert-OH is 1. The molecular weight excluding hydrogens is 428 g/mol. The zero-order chi connectivity index (χ0) is 20.5. The van der Waals surface area contributed by atoms with Gasteiger partial charge in [-0.2, -0.15) is 9.97 Å². The van der Waals surface area contributed by atoms with Crippen LogP contribution in [0.25, 0.3) is 11.2 Å². The standard InChI is InChI=1S/C18H25ClN8O2S/c19-14-17(27-7-10-30-12(28)11-27)22-15-13(21-14)16(25-5-8-29-9-6-25)24-18(23-15)26-3-1-20-2-4-26/h12,20,28H,1-11H2. The van der Waals surface area contributed by atoms with Gasteiger partial charge in [-0.05, 0) is 0 Å². The number of rotatable bonds is 3. The maximum atomic E-state index is 10.0. The van der Waals surface area contributed by atoms with Crippen molar-refractivity contribution in [1.29, 1.82) is 0 Å². The molecule has 3 aliphatic rings. The maximum absolute atomic E-state index is 10.0. The highest BCUT2D eigenvalue weighted by Crippen LogP contribution is 2.32. The average Bonchev–Trinajstić information content (AvgIpc) is 2.79. The first-order valence-corrected chi connectivity index (χ1v) is 11.7. The number of piperazine rings is 1. The van der Waals surface area contributed by atoms with Crippen LogP contribution < -0.4 is 20.0 Å². The van der Waals surface area contributed by atoms with Gasteiger partial charge in [0.2, 0.25) is 5.95 Å². The van der Waals surface area contributed by atoms with Gasteiger partial charge in [-0.25, -0.2) is 9.97 Å². The summed E-state index contributed by atoms with van der Waals surface area (Å²) >= 11 is 8.10. The Bertz CT molecular complexity index is 909. The molecule has 2 N–H and O–H groups in total. The molecule has 0 bridgehead atoms. The molecule has 3 saturated heterocycles. The number of aliphatic hydroxyl groups is 1. The van der Waals surface area contributed by atoms with Gasteiger partial charge >= 0.3 is 0 Å². The molecule has 0 amide bonds. The van der Waals surface area contributed by atoms with E-state index in [-0.39, 0.29) is 0 Å².